The molecule has 11 rings (SSSR count). The Balaban J connectivity index is 1.13. The number of imidazole rings is 1. The predicted octanol–water partition coefficient (Wildman–Crippen LogP) is 18.1. The van der Waals surface area contributed by atoms with E-state index in [2.05, 4.69) is 180 Å². The van der Waals surface area contributed by atoms with Crippen LogP contribution in [0.3, 0.4) is 0 Å². The predicted molar refractivity (Wildman–Crippen MR) is 301 cm³/mol. The Morgan fingerprint density at radius 2 is 1.00 bits per heavy atom. The van der Waals surface area contributed by atoms with E-state index < -0.39 is 6.04 Å². The minimum atomic E-state index is -0.417. The van der Waals surface area contributed by atoms with Gasteiger partial charge in [0, 0.05) is 28.5 Å². The number of fused-ring (bicyclic) bond motifs is 1. The molecular formula is C68H57N3O. The average Bonchev–Trinajstić information content (AvgIpc) is 3.85. The van der Waals surface area contributed by atoms with E-state index in [0.29, 0.717) is 17.0 Å². The van der Waals surface area contributed by atoms with Gasteiger partial charge >= 0.3 is 0 Å². The summed E-state index contributed by atoms with van der Waals surface area (Å²) in [6.07, 6.45) is 1.80. The zero-order chi connectivity index (χ0) is 53.9. The van der Waals surface area contributed by atoms with Gasteiger partial charge in [-0.1, -0.05) is 211 Å². The van der Waals surface area contributed by atoms with Crippen LogP contribution in [0.5, 0.6) is 5.75 Å². The molecule has 9 aromatic carbocycles. The molecule has 0 atom stereocenters. The van der Waals surface area contributed by atoms with Gasteiger partial charge in [0.1, 0.15) is 11.6 Å². The first-order chi connectivity index (χ1) is 36.9. The molecule has 0 bridgehead atoms. The summed E-state index contributed by atoms with van der Waals surface area (Å²) >= 11 is 0. The first-order valence-electron chi connectivity index (χ1n) is 26.9. The number of pyridine rings is 1. The van der Waals surface area contributed by atoms with E-state index in [9.17, 15) is 5.11 Å². The Morgan fingerprint density at radius 3 is 1.65 bits per heavy atom. The second-order valence-electron chi connectivity index (χ2n) is 20.5. The number of rotatable bonds is 9. The lowest BCUT2D eigenvalue weighted by molar-refractivity contribution is 0.446. The highest BCUT2D eigenvalue weighted by Crippen LogP contribution is 2.46. The first-order valence-corrected chi connectivity index (χ1v) is 24.4. The van der Waals surface area contributed by atoms with Gasteiger partial charge in [-0.25, -0.2) is 4.98 Å². The minimum absolute atomic E-state index is 0.165. The molecule has 0 aliphatic heterocycles. The van der Waals surface area contributed by atoms with Crippen LogP contribution < -0.4 is 0 Å². The Labute approximate surface area is 430 Å². The third-order valence-electron chi connectivity index (χ3n) is 13.6. The maximum atomic E-state index is 12.7. The van der Waals surface area contributed by atoms with Crippen LogP contribution >= 0.6 is 0 Å². The maximum absolute atomic E-state index is 12.7. The number of hydrogen-bond donors (Lipinski definition) is 1. The van der Waals surface area contributed by atoms with Crippen molar-refractivity contribution in [1.29, 1.82) is 0 Å². The molecule has 0 unspecified atom stereocenters. The quantitative estimate of drug-likeness (QED) is 0.157. The minimum Gasteiger partial charge on any atom is -0.507 e. The second-order valence-corrected chi connectivity index (χ2v) is 20.5. The molecule has 0 fully saturated rings. The van der Waals surface area contributed by atoms with Gasteiger partial charge in [-0.15, -0.1) is 0 Å². The summed E-state index contributed by atoms with van der Waals surface area (Å²) in [5.41, 5.74) is 16.8. The van der Waals surface area contributed by atoms with Crippen molar-refractivity contribution in [2.45, 2.75) is 52.4 Å². The zero-order valence-corrected chi connectivity index (χ0v) is 41.3. The normalized spacial score (nSPS) is 12.8. The fourth-order valence-electron chi connectivity index (χ4n) is 9.68. The molecule has 2 aromatic heterocycles. The van der Waals surface area contributed by atoms with Crippen LogP contribution in [-0.2, 0) is 10.8 Å². The summed E-state index contributed by atoms with van der Waals surface area (Å²) in [4.78, 5) is 10.7. The molecule has 0 aliphatic rings. The SMILES string of the molecule is [2H]c1c([2H])c([2H])c(-c2ccc(-c3ccnc(-c4cc(-c5ccccc5)cc(-c5cccc6c5nc(-c5cc(C(C)(C)C)cc(C(C)(C)C)c5O)n6-c5ccc(-c6ccccc6)cc5-c5ccccc5)c4)c3)cc2)c([2H])c1[2H]. The Bertz CT molecular complexity index is 4020. The Morgan fingerprint density at radius 1 is 0.431 bits per heavy atom. The highest BCUT2D eigenvalue weighted by atomic mass is 16.3. The molecule has 0 amide bonds. The molecule has 2 heterocycles. The third-order valence-corrected chi connectivity index (χ3v) is 13.6. The van der Waals surface area contributed by atoms with Crippen LogP contribution in [0.15, 0.2) is 231 Å². The van der Waals surface area contributed by atoms with E-state index in [1.807, 2.05) is 48.5 Å². The van der Waals surface area contributed by atoms with Crippen molar-refractivity contribution < 1.29 is 12.0 Å². The third kappa shape index (κ3) is 8.93. The number of nitrogens with zero attached hydrogens (tertiary/aromatic N) is 3. The lowest BCUT2D eigenvalue weighted by Gasteiger charge is -2.27. The van der Waals surface area contributed by atoms with E-state index in [1.54, 1.807) is 18.3 Å². The van der Waals surface area contributed by atoms with Crippen LogP contribution in [-0.4, -0.2) is 19.6 Å². The van der Waals surface area contributed by atoms with Crippen molar-refractivity contribution in [2.24, 2.45) is 0 Å². The molecule has 72 heavy (non-hydrogen) atoms. The standard InChI is InChI=1S/C68H57N3O/c1-67(2,3)56-43-59(65(72)60(44-56)68(4,5)6)66-70-64-57(28-19-29-63(64)71(66)62-35-34-51(46-22-13-8-14-23-46)41-58(62)50-26-17-10-18-27-50)54-38-53(47-24-15-9-16-25-47)39-55(40-54)61-42-52(36-37-69-61)49-32-30-48(31-33-49)45-20-11-7-12-21-45/h7-44,72H,1-6H3/i7D,11D,12D,20D,21D. The number of benzene rings is 9. The highest BCUT2D eigenvalue weighted by molar-refractivity contribution is 5.99. The van der Waals surface area contributed by atoms with Gasteiger partial charge in [0.15, 0.2) is 0 Å². The molecule has 0 radical (unpaired) electrons. The van der Waals surface area contributed by atoms with Crippen molar-refractivity contribution in [1.82, 2.24) is 14.5 Å². The van der Waals surface area contributed by atoms with Crippen molar-refractivity contribution in [3.63, 3.8) is 0 Å². The van der Waals surface area contributed by atoms with Crippen LogP contribution in [0.25, 0.3) is 106 Å². The topological polar surface area (TPSA) is 50.9 Å². The average molecular weight is 937 g/mol. The molecular weight excluding hydrogens is 875 g/mol. The van der Waals surface area contributed by atoms with Gasteiger partial charge in [0.25, 0.3) is 0 Å². The molecule has 0 spiro atoms. The van der Waals surface area contributed by atoms with Crippen LogP contribution in [0.4, 0.5) is 0 Å². The Hall–Kier alpha value is -8.60. The zero-order valence-electron chi connectivity index (χ0n) is 46.3. The van der Waals surface area contributed by atoms with Crippen molar-refractivity contribution in [3.05, 3.63) is 242 Å². The molecule has 0 saturated heterocycles. The highest BCUT2D eigenvalue weighted by Gasteiger charge is 2.29. The lowest BCUT2D eigenvalue weighted by atomic mass is 9.79. The van der Waals surface area contributed by atoms with Gasteiger partial charge in [-0.3, -0.25) is 9.55 Å². The largest absolute Gasteiger partial charge is 0.507 e. The fourth-order valence-corrected chi connectivity index (χ4v) is 9.68. The van der Waals surface area contributed by atoms with E-state index >= 15 is 0 Å². The van der Waals surface area contributed by atoms with Crippen molar-refractivity contribution in [3.8, 4) is 101 Å². The van der Waals surface area contributed by atoms with E-state index in [1.165, 1.54) is 0 Å². The lowest BCUT2D eigenvalue weighted by Crippen LogP contribution is -2.17. The van der Waals surface area contributed by atoms with E-state index in [-0.39, 0.29) is 46.3 Å². The summed E-state index contributed by atoms with van der Waals surface area (Å²) in [5, 5.41) is 12.7. The monoisotopic (exact) mass is 936 g/mol. The van der Waals surface area contributed by atoms with Gasteiger partial charge < -0.3 is 5.11 Å². The molecule has 4 nitrogen and oxygen atoms in total. The second kappa shape index (κ2) is 18.6. The smallest absolute Gasteiger partial charge is 0.149 e. The van der Waals surface area contributed by atoms with Gasteiger partial charge in [-0.05, 0) is 127 Å². The molecule has 1 N–H and O–H groups in total. The van der Waals surface area contributed by atoms with Crippen LogP contribution in [0.2, 0.25) is 0 Å². The number of phenols is 1. The number of para-hydroxylation sites is 1. The summed E-state index contributed by atoms with van der Waals surface area (Å²) in [6, 6.07) is 64.8. The fraction of sp³-hybridized carbons (Fsp3) is 0.118. The van der Waals surface area contributed by atoms with Gasteiger partial charge in [0.2, 0.25) is 0 Å². The summed E-state index contributed by atoms with van der Waals surface area (Å²) in [7, 11) is 0. The molecule has 0 aliphatic carbocycles. The van der Waals surface area contributed by atoms with Gasteiger partial charge in [0.05, 0.1) is 34.8 Å². The molecule has 0 saturated carbocycles. The van der Waals surface area contributed by atoms with Crippen LogP contribution in [0.1, 0.15) is 59.5 Å². The Kier molecular flexibility index (Phi) is 10.4. The first kappa shape index (κ1) is 40.2. The number of aromatic nitrogens is 3. The van der Waals surface area contributed by atoms with Crippen LogP contribution in [0, 0.1) is 0 Å². The molecule has 4 heteroatoms. The number of aromatic hydroxyl groups is 1. The maximum Gasteiger partial charge on any atom is 0.149 e. The van der Waals surface area contributed by atoms with Gasteiger partial charge in [-0.2, -0.15) is 0 Å². The van der Waals surface area contributed by atoms with E-state index in [0.717, 1.165) is 94.7 Å². The van der Waals surface area contributed by atoms with Crippen molar-refractivity contribution in [2.75, 3.05) is 0 Å². The van der Waals surface area contributed by atoms with E-state index in [4.69, 9.17) is 16.8 Å². The molecule has 11 aromatic rings. The number of phenolic OH excluding ortho intramolecular Hbond substituents is 1. The number of hydrogen-bond acceptors (Lipinski definition) is 3. The summed E-state index contributed by atoms with van der Waals surface area (Å²) in [6.45, 7) is 13.0. The summed E-state index contributed by atoms with van der Waals surface area (Å²) in [5.74, 6) is 0.825. The van der Waals surface area contributed by atoms with Crippen molar-refractivity contribution >= 4 is 11.0 Å². The summed E-state index contributed by atoms with van der Waals surface area (Å²) < 4.78 is 43.9. The molecule has 350 valence electrons.